The fraction of sp³-hybridized carbons (Fsp3) is 0.818. The Kier molecular flexibility index (Phi) is 3.16. The summed E-state index contributed by atoms with van der Waals surface area (Å²) in [6.45, 7) is 4.45. The van der Waals surface area contributed by atoms with Gasteiger partial charge in [-0.15, -0.1) is 0 Å². The van der Waals surface area contributed by atoms with Crippen molar-refractivity contribution in [3.8, 4) is 0 Å². The Morgan fingerprint density at radius 3 is 2.45 bits per heavy atom. The van der Waals surface area contributed by atoms with E-state index in [1.807, 2.05) is 0 Å². The van der Waals surface area contributed by atoms with Crippen LogP contribution in [0.15, 0.2) is 12.2 Å². The van der Waals surface area contributed by atoms with Crippen molar-refractivity contribution in [1.29, 1.82) is 0 Å². The van der Waals surface area contributed by atoms with Crippen molar-refractivity contribution in [2.45, 2.75) is 52.4 Å². The Morgan fingerprint density at radius 2 is 2.09 bits per heavy atom. The second-order valence-electron chi connectivity index (χ2n) is 3.81. The summed E-state index contributed by atoms with van der Waals surface area (Å²) in [7, 11) is 0. The molecule has 1 fully saturated rings. The molecule has 11 heavy (non-hydrogen) atoms. The molecule has 0 heterocycles. The molecule has 1 saturated carbocycles. The van der Waals surface area contributed by atoms with Crippen molar-refractivity contribution in [3.63, 3.8) is 0 Å². The second-order valence-corrected chi connectivity index (χ2v) is 3.81. The molecule has 0 aromatic rings. The molecule has 0 spiro atoms. The van der Waals surface area contributed by atoms with Gasteiger partial charge in [0, 0.05) is 0 Å². The van der Waals surface area contributed by atoms with Crippen LogP contribution in [0.25, 0.3) is 0 Å². The van der Waals surface area contributed by atoms with Gasteiger partial charge in [0.1, 0.15) is 0 Å². The van der Waals surface area contributed by atoms with Gasteiger partial charge in [-0.2, -0.15) is 0 Å². The van der Waals surface area contributed by atoms with Crippen LogP contribution in [-0.4, -0.2) is 0 Å². The van der Waals surface area contributed by atoms with Crippen LogP contribution in [0.1, 0.15) is 52.4 Å². The molecule has 1 rings (SSSR count). The highest BCUT2D eigenvalue weighted by molar-refractivity contribution is 4.89. The maximum atomic E-state index is 2.34. The van der Waals surface area contributed by atoms with Gasteiger partial charge in [-0.1, -0.05) is 31.9 Å². The highest BCUT2D eigenvalue weighted by atomic mass is 14.4. The van der Waals surface area contributed by atoms with Gasteiger partial charge in [0.05, 0.1) is 0 Å². The topological polar surface area (TPSA) is 0 Å². The Bertz CT molecular complexity index is 123. The second kappa shape index (κ2) is 3.94. The smallest absolute Gasteiger partial charge is 0.0297 e. The number of hydrogen-bond donors (Lipinski definition) is 0. The van der Waals surface area contributed by atoms with Crippen LogP contribution in [0.4, 0.5) is 0 Å². The quantitative estimate of drug-likeness (QED) is 0.535. The maximum Gasteiger partial charge on any atom is -0.0297 e. The minimum Gasteiger partial charge on any atom is -0.0917 e. The van der Waals surface area contributed by atoms with E-state index in [0.717, 1.165) is 5.41 Å². The standard InChI is InChI=1S/C11H20/c1-3-5-6-8-11(4-2)9-7-10-11/h3,5H,4,6-10H2,1-2H3/b5-3+. The first kappa shape index (κ1) is 8.83. The van der Waals surface area contributed by atoms with Crippen LogP contribution in [-0.2, 0) is 0 Å². The van der Waals surface area contributed by atoms with E-state index < -0.39 is 0 Å². The molecule has 0 unspecified atom stereocenters. The summed E-state index contributed by atoms with van der Waals surface area (Å²) < 4.78 is 0. The van der Waals surface area contributed by atoms with E-state index in [9.17, 15) is 0 Å². The molecule has 0 aliphatic heterocycles. The molecule has 0 amide bonds. The van der Waals surface area contributed by atoms with Crippen molar-refractivity contribution >= 4 is 0 Å². The van der Waals surface area contributed by atoms with Crippen LogP contribution < -0.4 is 0 Å². The predicted molar refractivity (Wildman–Crippen MR) is 50.6 cm³/mol. The largest absolute Gasteiger partial charge is 0.0917 e. The lowest BCUT2D eigenvalue weighted by Gasteiger charge is -2.41. The Morgan fingerprint density at radius 1 is 1.36 bits per heavy atom. The third-order valence-electron chi connectivity index (χ3n) is 3.24. The van der Waals surface area contributed by atoms with E-state index in [2.05, 4.69) is 26.0 Å². The van der Waals surface area contributed by atoms with Crippen molar-refractivity contribution in [2.24, 2.45) is 5.41 Å². The molecule has 0 aromatic heterocycles. The highest BCUT2D eigenvalue weighted by Gasteiger charge is 2.33. The number of hydrogen-bond acceptors (Lipinski definition) is 0. The highest BCUT2D eigenvalue weighted by Crippen LogP contribution is 2.47. The molecule has 0 nitrogen and oxygen atoms in total. The Hall–Kier alpha value is -0.260. The normalized spacial score (nSPS) is 22.0. The van der Waals surface area contributed by atoms with Gasteiger partial charge < -0.3 is 0 Å². The number of allylic oxidation sites excluding steroid dienone is 2. The third kappa shape index (κ3) is 2.08. The van der Waals surface area contributed by atoms with Crippen LogP contribution in [0.5, 0.6) is 0 Å². The van der Waals surface area contributed by atoms with E-state index in [-0.39, 0.29) is 0 Å². The lowest BCUT2D eigenvalue weighted by Crippen LogP contribution is -2.27. The van der Waals surface area contributed by atoms with Crippen molar-refractivity contribution in [2.75, 3.05) is 0 Å². The van der Waals surface area contributed by atoms with Crippen LogP contribution >= 0.6 is 0 Å². The Balaban J connectivity index is 2.21. The zero-order valence-electron chi connectivity index (χ0n) is 7.90. The molecule has 1 aliphatic rings. The van der Waals surface area contributed by atoms with E-state index in [1.54, 1.807) is 0 Å². The third-order valence-corrected chi connectivity index (χ3v) is 3.24. The van der Waals surface area contributed by atoms with E-state index >= 15 is 0 Å². The molecule has 0 N–H and O–H groups in total. The van der Waals surface area contributed by atoms with Gasteiger partial charge in [0.25, 0.3) is 0 Å². The van der Waals surface area contributed by atoms with Crippen LogP contribution in [0, 0.1) is 5.41 Å². The van der Waals surface area contributed by atoms with Gasteiger partial charge in [-0.3, -0.25) is 0 Å². The van der Waals surface area contributed by atoms with Crippen LogP contribution in [0.2, 0.25) is 0 Å². The lowest BCUT2D eigenvalue weighted by atomic mass is 9.64. The van der Waals surface area contributed by atoms with Gasteiger partial charge >= 0.3 is 0 Å². The summed E-state index contributed by atoms with van der Waals surface area (Å²) >= 11 is 0. The summed E-state index contributed by atoms with van der Waals surface area (Å²) in [4.78, 5) is 0. The molecule has 64 valence electrons. The molecule has 0 atom stereocenters. The minimum atomic E-state index is 0.763. The summed E-state index contributed by atoms with van der Waals surface area (Å²) in [5.41, 5.74) is 0.763. The minimum absolute atomic E-state index is 0.763. The fourth-order valence-electron chi connectivity index (χ4n) is 2.01. The average Bonchev–Trinajstić information content (AvgIpc) is 1.95. The van der Waals surface area contributed by atoms with Gasteiger partial charge in [0.2, 0.25) is 0 Å². The molecule has 0 radical (unpaired) electrons. The molecular weight excluding hydrogens is 132 g/mol. The van der Waals surface area contributed by atoms with E-state index in [4.69, 9.17) is 0 Å². The van der Waals surface area contributed by atoms with E-state index in [1.165, 1.54) is 38.5 Å². The zero-order valence-corrected chi connectivity index (χ0v) is 7.90. The molecule has 0 saturated heterocycles. The van der Waals surface area contributed by atoms with E-state index in [0.29, 0.717) is 0 Å². The number of rotatable bonds is 4. The predicted octanol–water partition coefficient (Wildman–Crippen LogP) is 3.92. The van der Waals surface area contributed by atoms with Crippen molar-refractivity contribution in [1.82, 2.24) is 0 Å². The molecular formula is C11H20. The van der Waals surface area contributed by atoms with Gasteiger partial charge in [-0.25, -0.2) is 0 Å². The SMILES string of the molecule is C/C=C/CCC1(CC)CCC1. The van der Waals surface area contributed by atoms with Gasteiger partial charge in [-0.05, 0) is 38.0 Å². The van der Waals surface area contributed by atoms with Crippen LogP contribution in [0.3, 0.4) is 0 Å². The van der Waals surface area contributed by atoms with Crippen molar-refractivity contribution < 1.29 is 0 Å². The molecule has 0 bridgehead atoms. The average molecular weight is 152 g/mol. The first-order valence-corrected chi connectivity index (χ1v) is 4.94. The summed E-state index contributed by atoms with van der Waals surface area (Å²) in [5.74, 6) is 0. The van der Waals surface area contributed by atoms with Gasteiger partial charge in [0.15, 0.2) is 0 Å². The first-order chi connectivity index (χ1) is 5.33. The lowest BCUT2D eigenvalue weighted by molar-refractivity contribution is 0.115. The summed E-state index contributed by atoms with van der Waals surface area (Å²) in [6.07, 6.45) is 13.0. The molecule has 1 aliphatic carbocycles. The Labute approximate surface area is 70.7 Å². The summed E-state index contributed by atoms with van der Waals surface area (Å²) in [5, 5.41) is 0. The summed E-state index contributed by atoms with van der Waals surface area (Å²) in [6, 6.07) is 0. The molecule has 0 heteroatoms. The fourth-order valence-corrected chi connectivity index (χ4v) is 2.01. The van der Waals surface area contributed by atoms with Crippen molar-refractivity contribution in [3.05, 3.63) is 12.2 Å². The molecule has 0 aromatic carbocycles. The monoisotopic (exact) mass is 152 g/mol. The zero-order chi connectivity index (χ0) is 8.16. The first-order valence-electron chi connectivity index (χ1n) is 4.94. The maximum absolute atomic E-state index is 2.34.